The van der Waals surface area contributed by atoms with Crippen LogP contribution in [0.5, 0.6) is 17.2 Å². The van der Waals surface area contributed by atoms with Crippen LogP contribution >= 0.6 is 0 Å². The zero-order chi connectivity index (χ0) is 19.2. The number of nitriles is 1. The van der Waals surface area contributed by atoms with Gasteiger partial charge in [-0.2, -0.15) is 5.26 Å². The van der Waals surface area contributed by atoms with Crippen molar-refractivity contribution < 1.29 is 19.0 Å². The molecule has 0 saturated carbocycles. The van der Waals surface area contributed by atoms with Crippen molar-refractivity contribution in [3.05, 3.63) is 59.2 Å². The van der Waals surface area contributed by atoms with Gasteiger partial charge in [0.15, 0.2) is 11.5 Å². The van der Waals surface area contributed by atoms with Gasteiger partial charge in [0.05, 0.1) is 12.6 Å². The number of nitrogens with one attached hydrogen (secondary N) is 1. The highest BCUT2D eigenvalue weighted by molar-refractivity contribution is 6.02. The highest BCUT2D eigenvalue weighted by Crippen LogP contribution is 2.39. The number of rotatable bonds is 6. The van der Waals surface area contributed by atoms with Crippen LogP contribution < -0.4 is 19.5 Å². The summed E-state index contributed by atoms with van der Waals surface area (Å²) in [5.74, 6) is 1.21. The predicted molar refractivity (Wildman–Crippen MR) is 100 cm³/mol. The zero-order valence-corrected chi connectivity index (χ0v) is 15.2. The monoisotopic (exact) mass is 364 g/mol. The fourth-order valence-electron chi connectivity index (χ4n) is 2.74. The summed E-state index contributed by atoms with van der Waals surface area (Å²) in [5.41, 5.74) is 1.53. The van der Waals surface area contributed by atoms with Gasteiger partial charge in [-0.15, -0.1) is 0 Å². The second-order valence-electron chi connectivity index (χ2n) is 5.95. The maximum Gasteiger partial charge on any atom is 0.262 e. The molecule has 1 heterocycles. The van der Waals surface area contributed by atoms with Gasteiger partial charge in [0.2, 0.25) is 6.79 Å². The average Bonchev–Trinajstić information content (AvgIpc) is 3.14. The number of amides is 1. The minimum absolute atomic E-state index is 0.0161. The SMILES string of the molecule is CCOc1cc2c(cc1/C=C(/C#N)C(=O)N[C@@H](C)c1ccccc1)OCO2. The molecule has 0 fully saturated rings. The van der Waals surface area contributed by atoms with Crippen molar-refractivity contribution >= 4 is 12.0 Å². The molecule has 0 saturated heterocycles. The van der Waals surface area contributed by atoms with E-state index in [2.05, 4.69) is 5.32 Å². The van der Waals surface area contributed by atoms with Crippen molar-refractivity contribution in [2.24, 2.45) is 0 Å². The second kappa shape index (κ2) is 8.28. The van der Waals surface area contributed by atoms with E-state index in [0.29, 0.717) is 29.4 Å². The van der Waals surface area contributed by atoms with Crippen LogP contribution in [0.1, 0.15) is 31.0 Å². The van der Waals surface area contributed by atoms with Gasteiger partial charge in [-0.1, -0.05) is 30.3 Å². The first kappa shape index (κ1) is 18.3. The van der Waals surface area contributed by atoms with Crippen molar-refractivity contribution in [2.75, 3.05) is 13.4 Å². The molecule has 0 aliphatic carbocycles. The Labute approximate surface area is 158 Å². The number of nitrogens with zero attached hydrogens (tertiary/aromatic N) is 1. The lowest BCUT2D eigenvalue weighted by Gasteiger charge is -2.14. The highest BCUT2D eigenvalue weighted by Gasteiger charge is 2.19. The Hall–Kier alpha value is -3.46. The molecule has 6 nitrogen and oxygen atoms in total. The third kappa shape index (κ3) is 4.21. The van der Waals surface area contributed by atoms with Crippen LogP contribution in [0.3, 0.4) is 0 Å². The number of ether oxygens (including phenoxy) is 3. The Balaban J connectivity index is 1.85. The van der Waals surface area contributed by atoms with E-state index in [4.69, 9.17) is 14.2 Å². The largest absolute Gasteiger partial charge is 0.493 e. The fourth-order valence-corrected chi connectivity index (χ4v) is 2.74. The lowest BCUT2D eigenvalue weighted by Crippen LogP contribution is -2.27. The maximum absolute atomic E-state index is 12.6. The Bertz CT molecular complexity index is 900. The van der Waals surface area contributed by atoms with Crippen LogP contribution in [0.15, 0.2) is 48.0 Å². The topological polar surface area (TPSA) is 80.6 Å². The molecule has 1 atom stereocenters. The molecule has 0 spiro atoms. The minimum Gasteiger partial charge on any atom is -0.493 e. The molecule has 6 heteroatoms. The Kier molecular flexibility index (Phi) is 5.62. The van der Waals surface area contributed by atoms with E-state index in [1.807, 2.05) is 50.2 Å². The average molecular weight is 364 g/mol. The lowest BCUT2D eigenvalue weighted by atomic mass is 10.1. The number of hydrogen-bond acceptors (Lipinski definition) is 5. The molecule has 0 aromatic heterocycles. The van der Waals surface area contributed by atoms with Crippen LogP contribution in [-0.4, -0.2) is 19.3 Å². The summed E-state index contributed by atoms with van der Waals surface area (Å²) in [5, 5.41) is 12.3. The molecule has 1 aliphatic heterocycles. The van der Waals surface area contributed by atoms with Gasteiger partial charge in [0.25, 0.3) is 5.91 Å². The summed E-state index contributed by atoms with van der Waals surface area (Å²) in [6.07, 6.45) is 1.50. The van der Waals surface area contributed by atoms with Crippen LogP contribution in [0.2, 0.25) is 0 Å². The van der Waals surface area contributed by atoms with Gasteiger partial charge >= 0.3 is 0 Å². The third-order valence-corrected chi connectivity index (χ3v) is 4.12. The zero-order valence-electron chi connectivity index (χ0n) is 15.2. The molecule has 0 radical (unpaired) electrons. The molecule has 1 amide bonds. The summed E-state index contributed by atoms with van der Waals surface area (Å²) in [7, 11) is 0. The third-order valence-electron chi connectivity index (χ3n) is 4.12. The molecule has 27 heavy (non-hydrogen) atoms. The smallest absolute Gasteiger partial charge is 0.262 e. The molecule has 0 bridgehead atoms. The molecule has 2 aromatic carbocycles. The van der Waals surface area contributed by atoms with E-state index < -0.39 is 5.91 Å². The lowest BCUT2D eigenvalue weighted by molar-refractivity contribution is -0.117. The van der Waals surface area contributed by atoms with E-state index in [0.717, 1.165) is 5.56 Å². The highest BCUT2D eigenvalue weighted by atomic mass is 16.7. The Morgan fingerprint density at radius 3 is 2.67 bits per heavy atom. The van der Waals surface area contributed by atoms with Crippen LogP contribution in [0.4, 0.5) is 0 Å². The second-order valence-corrected chi connectivity index (χ2v) is 5.95. The number of fused-ring (bicyclic) bond motifs is 1. The molecular formula is C21H20N2O4. The van der Waals surface area contributed by atoms with Crippen molar-refractivity contribution in [2.45, 2.75) is 19.9 Å². The van der Waals surface area contributed by atoms with Crippen LogP contribution in [-0.2, 0) is 4.79 Å². The number of carbonyl (C=O) groups excluding carboxylic acids is 1. The molecule has 3 rings (SSSR count). The minimum atomic E-state index is -0.450. The van der Waals surface area contributed by atoms with E-state index >= 15 is 0 Å². The molecule has 138 valence electrons. The van der Waals surface area contributed by atoms with Crippen molar-refractivity contribution in [1.82, 2.24) is 5.32 Å². The van der Waals surface area contributed by atoms with Gasteiger partial charge in [-0.05, 0) is 31.6 Å². The first-order valence-electron chi connectivity index (χ1n) is 8.66. The summed E-state index contributed by atoms with van der Waals surface area (Å²) in [6, 6.07) is 14.7. The summed E-state index contributed by atoms with van der Waals surface area (Å²) < 4.78 is 16.4. The summed E-state index contributed by atoms with van der Waals surface area (Å²) in [4.78, 5) is 12.6. The predicted octanol–water partition coefficient (Wildman–Crippen LogP) is 3.60. The van der Waals surface area contributed by atoms with Gasteiger partial charge < -0.3 is 19.5 Å². The van der Waals surface area contributed by atoms with Crippen LogP contribution in [0.25, 0.3) is 6.08 Å². The fraction of sp³-hybridized carbons (Fsp3) is 0.238. The first-order chi connectivity index (χ1) is 13.1. The number of benzene rings is 2. The molecule has 2 aromatic rings. The molecular weight excluding hydrogens is 344 g/mol. The van der Waals surface area contributed by atoms with Crippen LogP contribution in [0, 0.1) is 11.3 Å². The molecule has 1 aliphatic rings. The normalized spacial score (nSPS) is 13.6. The summed E-state index contributed by atoms with van der Waals surface area (Å²) in [6.45, 7) is 4.31. The number of carbonyl (C=O) groups is 1. The van der Waals surface area contributed by atoms with Crippen molar-refractivity contribution in [3.63, 3.8) is 0 Å². The van der Waals surface area contributed by atoms with E-state index in [9.17, 15) is 10.1 Å². The van der Waals surface area contributed by atoms with Gasteiger partial charge in [-0.25, -0.2) is 0 Å². The Morgan fingerprint density at radius 1 is 1.30 bits per heavy atom. The van der Waals surface area contributed by atoms with Gasteiger partial charge in [-0.3, -0.25) is 4.79 Å². The standard InChI is InChI=1S/C21H20N2O4/c1-3-25-18-11-20-19(26-13-27-20)10-16(18)9-17(12-22)21(24)23-14(2)15-7-5-4-6-8-15/h4-11,14H,3,13H2,1-2H3,(H,23,24)/b17-9-/t14-/m0/s1. The Morgan fingerprint density at radius 2 is 2.00 bits per heavy atom. The number of hydrogen-bond donors (Lipinski definition) is 1. The van der Waals surface area contributed by atoms with Crippen molar-refractivity contribution in [1.29, 1.82) is 5.26 Å². The first-order valence-corrected chi connectivity index (χ1v) is 8.66. The van der Waals surface area contributed by atoms with Crippen molar-refractivity contribution in [3.8, 4) is 23.3 Å². The molecule has 1 N–H and O–H groups in total. The van der Waals surface area contributed by atoms with E-state index in [1.165, 1.54) is 6.08 Å². The van der Waals surface area contributed by atoms with Gasteiger partial charge in [0, 0.05) is 11.6 Å². The van der Waals surface area contributed by atoms with E-state index in [1.54, 1.807) is 12.1 Å². The maximum atomic E-state index is 12.6. The van der Waals surface area contributed by atoms with E-state index in [-0.39, 0.29) is 18.4 Å². The summed E-state index contributed by atoms with van der Waals surface area (Å²) >= 11 is 0. The van der Waals surface area contributed by atoms with Gasteiger partial charge in [0.1, 0.15) is 17.4 Å². The quantitative estimate of drug-likeness (QED) is 0.626. The molecule has 0 unspecified atom stereocenters.